The fourth-order valence-corrected chi connectivity index (χ4v) is 5.46. The number of rotatable bonds is 6. The highest BCUT2D eigenvalue weighted by Gasteiger charge is 2.54. The van der Waals surface area contributed by atoms with E-state index >= 15 is 0 Å². The van der Waals surface area contributed by atoms with Crippen molar-refractivity contribution < 1.29 is 19.1 Å². The topological polar surface area (TPSA) is 71.1 Å². The monoisotopic (exact) mass is 469 g/mol. The summed E-state index contributed by atoms with van der Waals surface area (Å²) in [4.78, 5) is 30.2. The van der Waals surface area contributed by atoms with Crippen molar-refractivity contribution in [2.45, 2.75) is 44.8 Å². The maximum atomic E-state index is 13.6. The van der Waals surface area contributed by atoms with Crippen LogP contribution in [-0.2, 0) is 17.9 Å². The van der Waals surface area contributed by atoms with Crippen LogP contribution < -0.4 is 14.8 Å². The second-order valence-electron chi connectivity index (χ2n) is 8.98. The summed E-state index contributed by atoms with van der Waals surface area (Å²) in [5.74, 6) is 1.30. The number of nitrogens with one attached hydrogen (secondary N) is 1. The van der Waals surface area contributed by atoms with Gasteiger partial charge in [0.2, 0.25) is 6.79 Å². The predicted octanol–water partition coefficient (Wildman–Crippen LogP) is 4.18. The van der Waals surface area contributed by atoms with Gasteiger partial charge in [-0.15, -0.1) is 0 Å². The zero-order valence-corrected chi connectivity index (χ0v) is 19.4. The molecule has 0 saturated carbocycles. The van der Waals surface area contributed by atoms with Gasteiger partial charge in [-0.2, -0.15) is 0 Å². The maximum absolute atomic E-state index is 13.6. The molecule has 2 saturated heterocycles. The Balaban J connectivity index is 1.26. The van der Waals surface area contributed by atoms with Gasteiger partial charge in [0.15, 0.2) is 11.5 Å². The second kappa shape index (κ2) is 8.88. The highest BCUT2D eigenvalue weighted by atomic mass is 35.5. The molecule has 0 aliphatic carbocycles. The van der Waals surface area contributed by atoms with Crippen molar-refractivity contribution in [3.8, 4) is 11.5 Å². The van der Waals surface area contributed by atoms with Crippen molar-refractivity contribution in [2.75, 3.05) is 19.9 Å². The highest BCUT2D eigenvalue weighted by molar-refractivity contribution is 6.31. The first-order chi connectivity index (χ1) is 16.0. The Kier molecular flexibility index (Phi) is 5.93. The Bertz CT molecular complexity index is 1070. The number of halogens is 1. The molecule has 2 fully saturated rings. The number of carbonyl (C=O) groups is 2. The van der Waals surface area contributed by atoms with Crippen LogP contribution in [0.4, 0.5) is 4.79 Å². The van der Waals surface area contributed by atoms with Gasteiger partial charge in [-0.3, -0.25) is 14.6 Å². The number of likely N-dealkylation sites (tertiary alicyclic amines) is 1. The number of amides is 3. The van der Waals surface area contributed by atoms with Crippen molar-refractivity contribution >= 4 is 23.5 Å². The van der Waals surface area contributed by atoms with Crippen LogP contribution in [0.15, 0.2) is 42.5 Å². The van der Waals surface area contributed by atoms with E-state index in [1.165, 1.54) is 4.90 Å². The van der Waals surface area contributed by atoms with Crippen molar-refractivity contribution in [1.29, 1.82) is 0 Å². The van der Waals surface area contributed by atoms with Crippen LogP contribution in [0, 0.1) is 5.92 Å². The molecule has 3 aliphatic rings. The molecular weight excluding hydrogens is 442 g/mol. The lowest BCUT2D eigenvalue weighted by molar-refractivity contribution is -0.134. The molecule has 0 radical (unpaired) electrons. The Labute approximate surface area is 198 Å². The number of carbonyl (C=O) groups excluding carboxylic acids is 2. The number of nitrogens with zero attached hydrogens (tertiary/aromatic N) is 2. The van der Waals surface area contributed by atoms with E-state index in [0.717, 1.165) is 48.6 Å². The molecule has 8 heteroatoms. The van der Waals surface area contributed by atoms with Crippen molar-refractivity contribution in [3.05, 3.63) is 58.6 Å². The summed E-state index contributed by atoms with van der Waals surface area (Å²) in [7, 11) is 0. The molecular formula is C25H28ClN3O4. The van der Waals surface area contributed by atoms with Crippen LogP contribution in [0.1, 0.15) is 37.3 Å². The van der Waals surface area contributed by atoms with Gasteiger partial charge < -0.3 is 14.8 Å². The second-order valence-corrected chi connectivity index (χ2v) is 9.38. The Morgan fingerprint density at radius 3 is 2.58 bits per heavy atom. The van der Waals surface area contributed by atoms with Gasteiger partial charge in [0, 0.05) is 11.6 Å². The van der Waals surface area contributed by atoms with Crippen LogP contribution >= 0.6 is 11.6 Å². The van der Waals surface area contributed by atoms with Gasteiger partial charge in [-0.1, -0.05) is 42.8 Å². The van der Waals surface area contributed by atoms with E-state index in [1.54, 1.807) is 0 Å². The van der Waals surface area contributed by atoms with E-state index in [4.69, 9.17) is 21.1 Å². The summed E-state index contributed by atoms with van der Waals surface area (Å²) < 4.78 is 10.8. The fraction of sp³-hybridized carbons (Fsp3) is 0.440. The fourth-order valence-electron chi connectivity index (χ4n) is 5.27. The van der Waals surface area contributed by atoms with Crippen molar-refractivity contribution in [1.82, 2.24) is 15.1 Å². The average molecular weight is 470 g/mol. The molecule has 2 aromatic rings. The molecule has 0 aromatic heterocycles. The number of imide groups is 1. The minimum atomic E-state index is -0.843. The average Bonchev–Trinajstić information content (AvgIpc) is 3.39. The quantitative estimate of drug-likeness (QED) is 0.642. The van der Waals surface area contributed by atoms with E-state index in [0.29, 0.717) is 17.9 Å². The molecule has 33 heavy (non-hydrogen) atoms. The summed E-state index contributed by atoms with van der Waals surface area (Å²) in [5.41, 5.74) is 1.11. The number of hydrogen-bond acceptors (Lipinski definition) is 5. The third-order valence-electron chi connectivity index (χ3n) is 7.17. The van der Waals surface area contributed by atoms with Gasteiger partial charge in [-0.05, 0) is 67.6 Å². The summed E-state index contributed by atoms with van der Waals surface area (Å²) in [6.07, 6.45) is 2.27. The molecule has 3 amide bonds. The van der Waals surface area contributed by atoms with Gasteiger partial charge in [0.25, 0.3) is 5.91 Å². The Morgan fingerprint density at radius 1 is 1.06 bits per heavy atom. The molecule has 0 unspecified atom stereocenters. The first-order valence-electron chi connectivity index (χ1n) is 11.5. The molecule has 0 bridgehead atoms. The van der Waals surface area contributed by atoms with E-state index in [9.17, 15) is 9.59 Å². The van der Waals surface area contributed by atoms with E-state index in [-0.39, 0.29) is 31.2 Å². The number of urea groups is 1. The zero-order valence-electron chi connectivity index (χ0n) is 18.7. The lowest BCUT2D eigenvalue weighted by Crippen LogP contribution is -2.55. The molecule has 5 rings (SSSR count). The van der Waals surface area contributed by atoms with Crippen molar-refractivity contribution in [3.63, 3.8) is 0 Å². The van der Waals surface area contributed by atoms with E-state index in [2.05, 4.69) is 16.3 Å². The number of piperidine rings is 1. The number of benzene rings is 2. The standard InChI is InChI=1S/C25H28ClN3O4/c1-2-25(19-9-11-28(12-10-19)15-18-5-3-4-6-20(18)26)23(30)29(24(31)27-25)14-17-7-8-21-22(13-17)33-16-32-21/h3-8,13,19H,2,9-12,14-16H2,1H3,(H,27,31)/t25-/m1/s1. The molecule has 1 atom stereocenters. The molecule has 3 heterocycles. The third kappa shape index (κ3) is 4.04. The largest absolute Gasteiger partial charge is 0.454 e. The summed E-state index contributed by atoms with van der Waals surface area (Å²) in [6.45, 7) is 4.91. The van der Waals surface area contributed by atoms with Gasteiger partial charge in [-0.25, -0.2) is 4.79 Å². The molecule has 1 N–H and O–H groups in total. The van der Waals surface area contributed by atoms with Crippen LogP contribution in [-0.4, -0.2) is 47.2 Å². The Hall–Kier alpha value is -2.77. The summed E-state index contributed by atoms with van der Waals surface area (Å²) in [6, 6.07) is 13.1. The van der Waals surface area contributed by atoms with Crippen LogP contribution in [0.2, 0.25) is 5.02 Å². The minimum Gasteiger partial charge on any atom is -0.454 e. The lowest BCUT2D eigenvalue weighted by Gasteiger charge is -2.40. The lowest BCUT2D eigenvalue weighted by atomic mass is 9.75. The zero-order chi connectivity index (χ0) is 23.0. The first-order valence-corrected chi connectivity index (χ1v) is 11.9. The van der Waals surface area contributed by atoms with Crippen LogP contribution in [0.3, 0.4) is 0 Å². The highest BCUT2D eigenvalue weighted by Crippen LogP contribution is 2.38. The first kappa shape index (κ1) is 22.0. The normalized spacial score (nSPS) is 23.3. The van der Waals surface area contributed by atoms with Crippen molar-refractivity contribution in [2.24, 2.45) is 5.92 Å². The van der Waals surface area contributed by atoms with E-state index < -0.39 is 5.54 Å². The van der Waals surface area contributed by atoms with Crippen LogP contribution in [0.5, 0.6) is 11.5 Å². The predicted molar refractivity (Wildman–Crippen MR) is 124 cm³/mol. The molecule has 2 aromatic carbocycles. The van der Waals surface area contributed by atoms with Gasteiger partial charge in [0.1, 0.15) is 5.54 Å². The molecule has 3 aliphatic heterocycles. The number of ether oxygens (including phenoxy) is 2. The van der Waals surface area contributed by atoms with E-state index in [1.807, 2.05) is 43.3 Å². The maximum Gasteiger partial charge on any atom is 0.325 e. The SMILES string of the molecule is CC[C@]1(C2CCN(Cc3ccccc3Cl)CC2)NC(=O)N(Cc2ccc3c(c2)OCO3)C1=O. The molecule has 7 nitrogen and oxygen atoms in total. The smallest absolute Gasteiger partial charge is 0.325 e. The van der Waals surface area contributed by atoms with Crippen LogP contribution in [0.25, 0.3) is 0 Å². The number of hydrogen-bond donors (Lipinski definition) is 1. The summed E-state index contributed by atoms with van der Waals surface area (Å²) in [5, 5.41) is 3.85. The molecule has 174 valence electrons. The molecule has 0 spiro atoms. The van der Waals surface area contributed by atoms with Gasteiger partial charge >= 0.3 is 6.03 Å². The number of fused-ring (bicyclic) bond motifs is 1. The van der Waals surface area contributed by atoms with Gasteiger partial charge in [0.05, 0.1) is 6.54 Å². The third-order valence-corrected chi connectivity index (χ3v) is 7.54. The summed E-state index contributed by atoms with van der Waals surface area (Å²) >= 11 is 6.33. The minimum absolute atomic E-state index is 0.100. The Morgan fingerprint density at radius 2 is 1.82 bits per heavy atom.